The number of aliphatic hydroxyl groups is 3. The Labute approximate surface area is 192 Å². The third-order valence-electron chi connectivity index (χ3n) is 6.18. The zero-order chi connectivity index (χ0) is 27.1. The van der Waals surface area contributed by atoms with Crippen molar-refractivity contribution in [1.82, 2.24) is 4.90 Å². The molecule has 10 heteroatoms. The first-order chi connectivity index (χ1) is 16.4. The van der Waals surface area contributed by atoms with Crippen molar-refractivity contribution in [3.63, 3.8) is 0 Å². The fourth-order valence-electron chi connectivity index (χ4n) is 4.88. The van der Waals surface area contributed by atoms with Crippen LogP contribution in [-0.2, 0) is 20.8 Å². The number of primary amides is 1. The van der Waals surface area contributed by atoms with E-state index in [0.29, 0.717) is 5.56 Å². The average Bonchev–Trinajstić information content (AvgIpc) is 2.71. The van der Waals surface area contributed by atoms with Crippen molar-refractivity contribution >= 4 is 35.6 Å². The van der Waals surface area contributed by atoms with Crippen LogP contribution in [0.25, 0.3) is 5.76 Å². The van der Waals surface area contributed by atoms with Crippen LogP contribution in [0.2, 0.25) is 0 Å². The number of aliphatic hydroxyl groups excluding tert-OH is 2. The van der Waals surface area contributed by atoms with Crippen molar-refractivity contribution < 1.29 is 43.0 Å². The van der Waals surface area contributed by atoms with Crippen LogP contribution < -0.4 is 5.73 Å². The van der Waals surface area contributed by atoms with E-state index in [9.17, 15) is 34.8 Å². The molecule has 0 heterocycles. The number of nitrogens with zero attached hydrogens (tertiary/aromatic N) is 1. The molecule has 0 spiro atoms. The van der Waals surface area contributed by atoms with Gasteiger partial charge in [0.1, 0.15) is 22.8 Å². The molecule has 4 rings (SSSR count). The van der Waals surface area contributed by atoms with E-state index in [-0.39, 0.29) is 35.0 Å². The Morgan fingerprint density at radius 2 is 1.94 bits per heavy atom. The normalized spacial score (nSPS) is 33.5. The first-order valence-electron chi connectivity index (χ1n) is 12.0. The first kappa shape index (κ1) is 15.9. The largest absolute Gasteiger partial charge is 0.508 e. The zero-order valence-electron chi connectivity index (χ0n) is 21.8. The summed E-state index contributed by atoms with van der Waals surface area (Å²) in [6, 6.07) is 2.00. The Balaban J connectivity index is 0.00000380. The number of amides is 1. The van der Waals surface area contributed by atoms with E-state index < -0.39 is 84.0 Å². The van der Waals surface area contributed by atoms with Crippen LogP contribution in [0.3, 0.4) is 0 Å². The molecule has 6 N–H and O–H groups in total. The lowest BCUT2D eigenvalue weighted by Crippen LogP contribution is -2.65. The number of fused-ring (bicyclic) bond motifs is 3. The van der Waals surface area contributed by atoms with Crippen molar-refractivity contribution in [2.45, 2.75) is 24.5 Å². The summed E-state index contributed by atoms with van der Waals surface area (Å²) in [5.41, 5.74) is 0.601. The summed E-state index contributed by atoms with van der Waals surface area (Å²) in [5.74, 6) is -9.80. The monoisotopic (exact) mass is 456 g/mol. The Hall–Kier alpha value is -2.88. The minimum absolute atomic E-state index is 0. The summed E-state index contributed by atoms with van der Waals surface area (Å²) in [7, 11) is 0. The molecule has 166 valence electrons. The molecule has 0 radical (unpaired) electrons. The minimum atomic E-state index is -3.46. The van der Waals surface area contributed by atoms with Gasteiger partial charge in [-0.25, -0.2) is 0 Å². The van der Waals surface area contributed by atoms with Crippen LogP contribution in [0.15, 0.2) is 35.1 Å². The molecule has 1 amide bonds. The Morgan fingerprint density at radius 1 is 1.26 bits per heavy atom. The number of phenolic OH excluding ortho intramolecular Hbond substituents is 1. The second-order valence-electron chi connectivity index (χ2n) is 7.68. The second kappa shape index (κ2) is 7.37. The van der Waals surface area contributed by atoms with E-state index >= 15 is 0 Å². The molecule has 9 nitrogen and oxygen atoms in total. The molecule has 0 unspecified atom stereocenters. The average molecular weight is 457 g/mol. The fraction of sp³-hybridized carbons (Fsp3) is 0.381. The van der Waals surface area contributed by atoms with E-state index in [1.165, 1.54) is 12.1 Å². The van der Waals surface area contributed by atoms with Crippen molar-refractivity contribution in [2.24, 2.45) is 17.6 Å². The number of Topliss-reactive ketones (excluding diaryl/α,β-unsaturated/α-hetero) is 2. The summed E-state index contributed by atoms with van der Waals surface area (Å²) in [6.45, 7) is -6.93. The van der Waals surface area contributed by atoms with Gasteiger partial charge in [-0.05, 0) is 44.3 Å². The highest BCUT2D eigenvalue weighted by atomic mass is 35.5. The van der Waals surface area contributed by atoms with E-state index in [4.69, 9.17) is 14.0 Å². The van der Waals surface area contributed by atoms with Gasteiger partial charge in [0.15, 0.2) is 11.4 Å². The quantitative estimate of drug-likeness (QED) is 0.399. The highest BCUT2D eigenvalue weighted by Gasteiger charge is 2.64. The van der Waals surface area contributed by atoms with Crippen molar-refractivity contribution in [1.29, 1.82) is 0 Å². The maximum atomic E-state index is 13.7. The van der Waals surface area contributed by atoms with Crippen LogP contribution in [0.5, 0.6) is 5.75 Å². The second-order valence-corrected chi connectivity index (χ2v) is 7.68. The molecule has 3 aliphatic rings. The van der Waals surface area contributed by atoms with Crippen LogP contribution >= 0.6 is 12.4 Å². The number of nitrogens with two attached hydrogens (primary N) is 1. The van der Waals surface area contributed by atoms with Gasteiger partial charge < -0.3 is 26.2 Å². The van der Waals surface area contributed by atoms with Gasteiger partial charge in [-0.3, -0.25) is 19.3 Å². The number of hydrogen-bond acceptors (Lipinski definition) is 8. The third-order valence-corrected chi connectivity index (χ3v) is 6.18. The van der Waals surface area contributed by atoms with Gasteiger partial charge >= 0.3 is 0 Å². The molecule has 0 aromatic heterocycles. The molecule has 4 atom stereocenters. The molecule has 31 heavy (non-hydrogen) atoms. The number of rotatable bonds is 2. The predicted octanol–water partition coefficient (Wildman–Crippen LogP) is 0.386. The number of halogens is 1. The Kier molecular flexibility index (Phi) is 3.77. The lowest BCUT2D eigenvalue weighted by molar-refractivity contribution is -0.153. The van der Waals surface area contributed by atoms with Crippen molar-refractivity contribution in [3.8, 4) is 5.75 Å². The van der Waals surface area contributed by atoms with Crippen LogP contribution in [0.4, 0.5) is 0 Å². The van der Waals surface area contributed by atoms with E-state index in [0.717, 1.165) is 0 Å². The molecule has 1 fully saturated rings. The highest BCUT2D eigenvalue weighted by molar-refractivity contribution is 6.24. The number of aromatic hydroxyl groups is 1. The summed E-state index contributed by atoms with van der Waals surface area (Å²) < 4.78 is 46.5. The minimum Gasteiger partial charge on any atom is -0.508 e. The number of carbonyl (C=O) groups is 3. The van der Waals surface area contributed by atoms with Crippen LogP contribution in [-0.4, -0.2) is 68.4 Å². The summed E-state index contributed by atoms with van der Waals surface area (Å²) in [4.78, 5) is 38.9. The Bertz CT molecular complexity index is 1260. The lowest BCUT2D eigenvalue weighted by atomic mass is 9.57. The number of phenols is 1. The number of benzene rings is 1. The van der Waals surface area contributed by atoms with Gasteiger partial charge in [0, 0.05) is 19.7 Å². The van der Waals surface area contributed by atoms with Crippen LogP contribution in [0.1, 0.15) is 25.8 Å². The Morgan fingerprint density at radius 3 is 2.55 bits per heavy atom. The zero-order valence-corrected chi connectivity index (χ0v) is 16.6. The molecular weight excluding hydrogens is 428 g/mol. The van der Waals surface area contributed by atoms with Gasteiger partial charge in [-0.1, -0.05) is 12.1 Å². The SMILES string of the molecule is Cl.[2H]C([2H])([2H])N([C@H]1C(=O)C(C(N)=O)=C(O)[C@]2(O)C(=O)C3=C(O)c4c(O)cccc4C[C@@H]3C[C@H]12)C([2H])([2H])[2H]. The summed E-state index contributed by atoms with van der Waals surface area (Å²) in [5, 5.41) is 43.5. The van der Waals surface area contributed by atoms with Gasteiger partial charge in [-0.15, -0.1) is 12.4 Å². The van der Waals surface area contributed by atoms with E-state index in [1.807, 2.05) is 0 Å². The molecule has 0 bridgehead atoms. The molecule has 0 aliphatic heterocycles. The molecule has 1 saturated carbocycles. The topological polar surface area (TPSA) is 161 Å². The molecule has 0 saturated heterocycles. The van der Waals surface area contributed by atoms with Gasteiger partial charge in [0.05, 0.1) is 11.6 Å². The first-order valence-corrected chi connectivity index (χ1v) is 9.02. The standard InChI is InChI=1S/C21H22N2O7.ClH/c1-23(2)15-10-7-9-6-8-4-3-5-11(24)12(8)16(25)13(9)18(27)21(10,30)19(28)14(17(15)26)20(22)29;/h3-5,9-10,15,24-25,28,30H,6-7H2,1-2H3,(H2,22,29);1H/t9-,10-,15-,21-;/m1./s1/i1D3,2D3;. The smallest absolute Gasteiger partial charge is 0.255 e. The lowest BCUT2D eigenvalue weighted by Gasteiger charge is -2.50. The molecular formula is C21H23ClN2O7. The summed E-state index contributed by atoms with van der Waals surface area (Å²) >= 11 is 0. The molecule has 3 aliphatic carbocycles. The van der Waals surface area contributed by atoms with E-state index in [2.05, 4.69) is 0 Å². The van der Waals surface area contributed by atoms with Crippen molar-refractivity contribution in [2.75, 3.05) is 14.0 Å². The number of hydrogen-bond donors (Lipinski definition) is 5. The van der Waals surface area contributed by atoms with E-state index in [1.54, 1.807) is 6.07 Å². The summed E-state index contributed by atoms with van der Waals surface area (Å²) in [6.07, 6.45) is -0.442. The highest BCUT2D eigenvalue weighted by Crippen LogP contribution is 2.52. The number of carbonyl (C=O) groups excluding carboxylic acids is 3. The van der Waals surface area contributed by atoms with Gasteiger partial charge in [0.25, 0.3) is 5.91 Å². The molecule has 1 aromatic carbocycles. The van der Waals surface area contributed by atoms with Gasteiger partial charge in [0.2, 0.25) is 5.78 Å². The van der Waals surface area contributed by atoms with Crippen LogP contribution in [0, 0.1) is 11.8 Å². The maximum Gasteiger partial charge on any atom is 0.255 e. The van der Waals surface area contributed by atoms with Crippen molar-refractivity contribution in [3.05, 3.63) is 46.2 Å². The molecule has 1 aromatic rings. The number of likely N-dealkylation sites (N-methyl/N-ethyl adjacent to an activating group) is 1. The third kappa shape index (κ3) is 2.88. The fourth-order valence-corrected chi connectivity index (χ4v) is 4.88. The van der Waals surface area contributed by atoms with Gasteiger partial charge in [-0.2, -0.15) is 0 Å². The maximum absolute atomic E-state index is 13.7. The predicted molar refractivity (Wildman–Crippen MR) is 111 cm³/mol. The number of ketones is 2.